The van der Waals surface area contributed by atoms with Gasteiger partial charge in [0.25, 0.3) is 0 Å². The number of benzene rings is 1. The molecule has 1 aromatic carbocycles. The molecule has 0 N–H and O–H groups in total. The smallest absolute Gasteiger partial charge is 0.0219 e. The number of hydrogen-bond donors (Lipinski definition) is 0. The maximum atomic E-state index is 2.37. The van der Waals surface area contributed by atoms with E-state index >= 15 is 0 Å². The lowest BCUT2D eigenvalue weighted by Crippen LogP contribution is -2.09. The topological polar surface area (TPSA) is 0 Å². The highest BCUT2D eigenvalue weighted by atomic mass is 14.2. The van der Waals surface area contributed by atoms with E-state index in [9.17, 15) is 0 Å². The van der Waals surface area contributed by atoms with Crippen LogP contribution in [0.5, 0.6) is 0 Å². The average molecular weight is 248 g/mol. The van der Waals surface area contributed by atoms with Crippen LogP contribution < -0.4 is 0 Å². The third-order valence-electron chi connectivity index (χ3n) is 3.82. The Morgan fingerprint density at radius 1 is 0.833 bits per heavy atom. The molecule has 18 heavy (non-hydrogen) atoms. The first-order valence-corrected chi connectivity index (χ1v) is 7.63. The van der Waals surface area contributed by atoms with Crippen LogP contribution in [0.25, 0.3) is 0 Å². The molecule has 1 aromatic rings. The summed E-state index contributed by atoms with van der Waals surface area (Å²) in [7, 11) is 0. The summed E-state index contributed by atoms with van der Waals surface area (Å²) >= 11 is 0. The molecular formula is C18H32. The summed E-state index contributed by atoms with van der Waals surface area (Å²) in [6, 6.07) is 9.16. The Bertz CT molecular complexity index is 294. The molecule has 104 valence electrons. The summed E-state index contributed by atoms with van der Waals surface area (Å²) in [5.41, 5.74) is 2.93. The molecule has 0 saturated carbocycles. The quantitative estimate of drug-likeness (QED) is 0.594. The van der Waals surface area contributed by atoms with Crippen LogP contribution in [0.2, 0.25) is 0 Å². The molecule has 0 saturated heterocycles. The maximum absolute atomic E-state index is 2.37. The zero-order chi connectivity index (χ0) is 14.1. The van der Waals surface area contributed by atoms with Gasteiger partial charge in [0.15, 0.2) is 0 Å². The highest BCUT2D eigenvalue weighted by molar-refractivity contribution is 5.24. The van der Waals surface area contributed by atoms with E-state index in [4.69, 9.17) is 0 Å². The third kappa shape index (κ3) is 5.71. The van der Waals surface area contributed by atoms with E-state index in [0.29, 0.717) is 5.92 Å². The molecule has 0 heterocycles. The zero-order valence-electron chi connectivity index (χ0n) is 13.5. The van der Waals surface area contributed by atoms with Crippen molar-refractivity contribution in [2.24, 2.45) is 11.8 Å². The van der Waals surface area contributed by atoms with Crippen molar-refractivity contribution in [1.29, 1.82) is 0 Å². The van der Waals surface area contributed by atoms with Gasteiger partial charge in [0, 0.05) is 0 Å². The van der Waals surface area contributed by atoms with Gasteiger partial charge in [0.05, 0.1) is 0 Å². The van der Waals surface area contributed by atoms with Gasteiger partial charge in [-0.05, 0) is 35.3 Å². The van der Waals surface area contributed by atoms with E-state index in [2.05, 4.69) is 58.9 Å². The minimum absolute atomic E-state index is 0.640. The summed E-state index contributed by atoms with van der Waals surface area (Å²) < 4.78 is 0. The third-order valence-corrected chi connectivity index (χ3v) is 3.82. The Morgan fingerprint density at radius 2 is 1.33 bits per heavy atom. The van der Waals surface area contributed by atoms with Crippen LogP contribution in [0.4, 0.5) is 0 Å². The van der Waals surface area contributed by atoms with Crippen molar-refractivity contribution in [3.8, 4) is 0 Å². The molecule has 0 aliphatic rings. The van der Waals surface area contributed by atoms with E-state index in [1.807, 2.05) is 13.8 Å². The Hall–Kier alpha value is -0.780. The molecule has 0 fully saturated rings. The standard InChI is InChI=1S/C16H26.C2H6/c1-6-13(4)14(5)11-15-7-9-16(10-8-15)12(2)3;1-2/h7-10,12-14H,6,11H2,1-5H3;1-2H3. The molecule has 0 bridgehead atoms. The lowest BCUT2D eigenvalue weighted by atomic mass is 9.87. The van der Waals surface area contributed by atoms with Crippen molar-refractivity contribution in [3.63, 3.8) is 0 Å². The Balaban J connectivity index is 0.00000137. The highest BCUT2D eigenvalue weighted by Gasteiger charge is 2.10. The maximum Gasteiger partial charge on any atom is -0.0219 e. The predicted molar refractivity (Wildman–Crippen MR) is 84.2 cm³/mol. The molecule has 1 rings (SSSR count). The molecule has 0 nitrogen and oxygen atoms in total. The first-order valence-electron chi connectivity index (χ1n) is 7.63. The molecule has 2 unspecified atom stereocenters. The van der Waals surface area contributed by atoms with Crippen LogP contribution in [0.3, 0.4) is 0 Å². The van der Waals surface area contributed by atoms with E-state index in [0.717, 1.165) is 11.8 Å². The van der Waals surface area contributed by atoms with Crippen molar-refractivity contribution >= 4 is 0 Å². The van der Waals surface area contributed by atoms with E-state index in [-0.39, 0.29) is 0 Å². The monoisotopic (exact) mass is 248 g/mol. The van der Waals surface area contributed by atoms with Crippen LogP contribution in [-0.4, -0.2) is 0 Å². The van der Waals surface area contributed by atoms with Gasteiger partial charge in [-0.2, -0.15) is 0 Å². The SMILES string of the molecule is CC.CCC(C)C(C)Cc1ccc(C(C)C)cc1. The van der Waals surface area contributed by atoms with Gasteiger partial charge in [-0.25, -0.2) is 0 Å². The summed E-state index contributed by atoms with van der Waals surface area (Å²) in [6.07, 6.45) is 2.50. The normalized spacial score (nSPS) is 13.8. The van der Waals surface area contributed by atoms with Gasteiger partial charge in [-0.3, -0.25) is 0 Å². The molecule has 2 atom stereocenters. The van der Waals surface area contributed by atoms with Gasteiger partial charge >= 0.3 is 0 Å². The molecule has 0 aromatic heterocycles. The minimum Gasteiger partial charge on any atom is -0.0683 e. The van der Waals surface area contributed by atoms with Crippen LogP contribution in [0.1, 0.15) is 71.9 Å². The van der Waals surface area contributed by atoms with Crippen molar-refractivity contribution in [3.05, 3.63) is 35.4 Å². The summed E-state index contributed by atoms with van der Waals surface area (Å²) in [4.78, 5) is 0. The highest BCUT2D eigenvalue weighted by Crippen LogP contribution is 2.21. The molecule has 0 aliphatic heterocycles. The van der Waals surface area contributed by atoms with Crippen molar-refractivity contribution in [2.45, 2.75) is 67.2 Å². The lowest BCUT2D eigenvalue weighted by molar-refractivity contribution is 0.375. The Kier molecular flexibility index (Phi) is 8.79. The molecule has 0 aliphatic carbocycles. The fourth-order valence-corrected chi connectivity index (χ4v) is 2.01. The van der Waals surface area contributed by atoms with Crippen LogP contribution >= 0.6 is 0 Å². The second kappa shape index (κ2) is 9.19. The van der Waals surface area contributed by atoms with E-state index < -0.39 is 0 Å². The second-order valence-electron chi connectivity index (χ2n) is 5.46. The van der Waals surface area contributed by atoms with Gasteiger partial charge in [0.2, 0.25) is 0 Å². The molecule has 0 heteroatoms. The largest absolute Gasteiger partial charge is 0.0683 e. The van der Waals surface area contributed by atoms with Gasteiger partial charge in [-0.15, -0.1) is 0 Å². The molecular weight excluding hydrogens is 216 g/mol. The van der Waals surface area contributed by atoms with Gasteiger partial charge in [0.1, 0.15) is 0 Å². The van der Waals surface area contributed by atoms with Crippen LogP contribution in [0.15, 0.2) is 24.3 Å². The molecule has 0 spiro atoms. The first kappa shape index (κ1) is 17.2. The number of rotatable bonds is 5. The Morgan fingerprint density at radius 3 is 1.72 bits per heavy atom. The molecule has 0 radical (unpaired) electrons. The van der Waals surface area contributed by atoms with Gasteiger partial charge in [-0.1, -0.05) is 79.2 Å². The summed E-state index contributed by atoms with van der Waals surface area (Å²) in [5, 5.41) is 0. The lowest BCUT2D eigenvalue weighted by Gasteiger charge is -2.18. The van der Waals surface area contributed by atoms with Crippen LogP contribution in [0, 0.1) is 11.8 Å². The summed E-state index contributed by atoms with van der Waals surface area (Å²) in [6.45, 7) is 15.5. The van der Waals surface area contributed by atoms with E-state index in [1.54, 1.807) is 0 Å². The minimum atomic E-state index is 0.640. The van der Waals surface area contributed by atoms with Gasteiger partial charge < -0.3 is 0 Å². The second-order valence-corrected chi connectivity index (χ2v) is 5.46. The first-order chi connectivity index (χ1) is 8.54. The fourth-order valence-electron chi connectivity index (χ4n) is 2.01. The van der Waals surface area contributed by atoms with Crippen molar-refractivity contribution < 1.29 is 0 Å². The van der Waals surface area contributed by atoms with Crippen molar-refractivity contribution in [1.82, 2.24) is 0 Å². The van der Waals surface area contributed by atoms with Crippen LogP contribution in [-0.2, 0) is 6.42 Å². The zero-order valence-corrected chi connectivity index (χ0v) is 13.5. The molecule has 0 amide bonds. The van der Waals surface area contributed by atoms with E-state index in [1.165, 1.54) is 24.0 Å². The average Bonchev–Trinajstić information content (AvgIpc) is 2.40. The summed E-state index contributed by atoms with van der Waals surface area (Å²) in [5.74, 6) is 2.25. The number of hydrogen-bond acceptors (Lipinski definition) is 0. The predicted octanol–water partition coefficient (Wildman–Crippen LogP) is 6.06. The van der Waals surface area contributed by atoms with Crippen molar-refractivity contribution in [2.75, 3.05) is 0 Å². The fraction of sp³-hybridized carbons (Fsp3) is 0.667. The Labute approximate surface area is 115 Å².